The monoisotopic (exact) mass is 623 g/mol. The van der Waals surface area contributed by atoms with Crippen molar-refractivity contribution in [2.75, 3.05) is 0 Å². The zero-order chi connectivity index (χ0) is 33.0. The summed E-state index contributed by atoms with van der Waals surface area (Å²) in [5.74, 6) is -0.280. The van der Waals surface area contributed by atoms with Gasteiger partial charge in [0.15, 0.2) is 0 Å². The van der Waals surface area contributed by atoms with Crippen molar-refractivity contribution < 1.29 is 24.2 Å². The molecule has 1 heterocycles. The van der Waals surface area contributed by atoms with Crippen molar-refractivity contribution in [3.8, 4) is 0 Å². The molecule has 1 aliphatic rings. The summed E-state index contributed by atoms with van der Waals surface area (Å²) < 4.78 is 5.63. The van der Waals surface area contributed by atoms with Gasteiger partial charge in [0.2, 0.25) is 12.0 Å². The number of alkyl carbamates (subject to hydrolysis) is 1. The van der Waals surface area contributed by atoms with Gasteiger partial charge in [-0.1, -0.05) is 82.4 Å². The first-order chi connectivity index (χ1) is 21.4. The Balaban J connectivity index is 1.85. The van der Waals surface area contributed by atoms with E-state index in [4.69, 9.17) is 4.74 Å². The lowest BCUT2D eigenvalue weighted by Crippen LogP contribution is -2.55. The molecule has 5 N–H and O–H groups in total. The lowest BCUT2D eigenvalue weighted by molar-refractivity contribution is -0.135. The number of aliphatic hydroxyl groups excluding tert-OH is 1. The van der Waals surface area contributed by atoms with Crippen LogP contribution in [0, 0.1) is 17.8 Å². The molecule has 10 nitrogen and oxygen atoms in total. The van der Waals surface area contributed by atoms with Crippen LogP contribution in [0.3, 0.4) is 0 Å². The van der Waals surface area contributed by atoms with Crippen molar-refractivity contribution in [1.29, 1.82) is 0 Å². The van der Waals surface area contributed by atoms with Gasteiger partial charge < -0.3 is 30.8 Å². The van der Waals surface area contributed by atoms with Gasteiger partial charge in [-0.3, -0.25) is 9.59 Å². The third kappa shape index (κ3) is 12.0. The van der Waals surface area contributed by atoms with Crippen LogP contribution >= 0.6 is 0 Å². The molecular weight excluding hydrogens is 570 g/mol. The van der Waals surface area contributed by atoms with Crippen LogP contribution in [0.5, 0.6) is 0 Å². The molecule has 1 saturated carbocycles. The average Bonchev–Trinajstić information content (AvgIpc) is 3.51. The number of amides is 3. The van der Waals surface area contributed by atoms with Crippen molar-refractivity contribution >= 4 is 17.9 Å². The van der Waals surface area contributed by atoms with Crippen LogP contribution in [-0.2, 0) is 20.7 Å². The molecule has 2 aromatic rings. The second-order valence-electron chi connectivity index (χ2n) is 13.7. The van der Waals surface area contributed by atoms with E-state index in [-0.39, 0.29) is 12.3 Å². The molecule has 45 heavy (non-hydrogen) atoms. The van der Waals surface area contributed by atoms with Gasteiger partial charge >= 0.3 is 6.09 Å². The van der Waals surface area contributed by atoms with E-state index in [2.05, 4.69) is 46.3 Å². The molecule has 0 radical (unpaired) electrons. The number of H-pyrrole nitrogens is 1. The largest absolute Gasteiger partial charge is 0.431 e. The molecule has 0 spiro atoms. The number of carbonyl (C=O) groups excluding carboxylic acids is 3. The fourth-order valence-electron chi connectivity index (χ4n) is 5.88. The standard InChI is InChI=1S/C35H53N5O5/c1-7-25(23(2)3)19-30(41)28(18-24-14-10-8-11-15-24)38-32(42)29(20-27-21-36-22-37-27)39-33(43)31(26-16-12-9-13-17-26)45-34(44)40-35(4,5)6/h7,9,12-13,16-17,21-25,28-31,41H,1,8,10-11,14-15,18-20H2,2-6H3,(H,36,37)(H,38,42)(H,39,43)(H,40,44)/t25-,28-,29-,30-,31-/m0/s1. The van der Waals surface area contributed by atoms with E-state index in [0.717, 1.165) is 25.7 Å². The Morgan fingerprint density at radius 1 is 1.09 bits per heavy atom. The fourth-order valence-corrected chi connectivity index (χ4v) is 5.88. The summed E-state index contributed by atoms with van der Waals surface area (Å²) in [6, 6.07) is 7.16. The highest BCUT2D eigenvalue weighted by atomic mass is 16.6. The molecule has 248 valence electrons. The zero-order valence-corrected chi connectivity index (χ0v) is 27.6. The number of rotatable bonds is 15. The third-order valence-electron chi connectivity index (χ3n) is 8.43. The molecular formula is C35H53N5O5. The highest BCUT2D eigenvalue weighted by Crippen LogP contribution is 2.30. The summed E-state index contributed by atoms with van der Waals surface area (Å²) in [5, 5.41) is 20.1. The number of ether oxygens (including phenoxy) is 1. The maximum atomic E-state index is 14.0. The molecule has 1 aliphatic carbocycles. The highest BCUT2D eigenvalue weighted by molar-refractivity contribution is 5.91. The predicted molar refractivity (Wildman–Crippen MR) is 175 cm³/mol. The number of aromatic nitrogens is 2. The summed E-state index contributed by atoms with van der Waals surface area (Å²) in [5.41, 5.74) is 0.537. The summed E-state index contributed by atoms with van der Waals surface area (Å²) >= 11 is 0. The molecule has 5 atom stereocenters. The first kappa shape index (κ1) is 35.8. The molecule has 0 aliphatic heterocycles. The number of hydrogen-bond acceptors (Lipinski definition) is 6. The van der Waals surface area contributed by atoms with Gasteiger partial charge in [0.1, 0.15) is 6.04 Å². The van der Waals surface area contributed by atoms with E-state index in [0.29, 0.717) is 35.9 Å². The molecule has 3 rings (SSSR count). The molecule has 3 amide bonds. The predicted octanol–water partition coefficient (Wildman–Crippen LogP) is 5.37. The van der Waals surface area contributed by atoms with Gasteiger partial charge in [0.25, 0.3) is 5.91 Å². The van der Waals surface area contributed by atoms with Crippen molar-refractivity contribution in [1.82, 2.24) is 25.9 Å². The Morgan fingerprint density at radius 3 is 2.36 bits per heavy atom. The minimum absolute atomic E-state index is 0.0919. The molecule has 1 aromatic carbocycles. The average molecular weight is 624 g/mol. The fraction of sp³-hybridized carbons (Fsp3) is 0.600. The van der Waals surface area contributed by atoms with E-state index in [1.54, 1.807) is 36.5 Å². The van der Waals surface area contributed by atoms with Crippen LogP contribution in [0.2, 0.25) is 0 Å². The number of nitrogens with one attached hydrogen (secondary N) is 4. The Morgan fingerprint density at radius 2 is 1.78 bits per heavy atom. The number of benzene rings is 1. The summed E-state index contributed by atoms with van der Waals surface area (Å²) in [7, 11) is 0. The number of hydrogen-bond donors (Lipinski definition) is 5. The van der Waals surface area contributed by atoms with Crippen LogP contribution in [0.4, 0.5) is 4.79 Å². The Hall–Kier alpha value is -3.66. The Bertz CT molecular complexity index is 1200. The Kier molecular flexibility index (Phi) is 13.6. The van der Waals surface area contributed by atoms with Crippen molar-refractivity contribution in [3.63, 3.8) is 0 Å². The van der Waals surface area contributed by atoms with Gasteiger partial charge in [-0.25, -0.2) is 9.78 Å². The summed E-state index contributed by atoms with van der Waals surface area (Å²) in [6.07, 6.45) is 9.02. The highest BCUT2D eigenvalue weighted by Gasteiger charge is 2.34. The van der Waals surface area contributed by atoms with E-state index in [9.17, 15) is 19.5 Å². The van der Waals surface area contributed by atoms with Gasteiger partial charge in [-0.2, -0.15) is 0 Å². The minimum atomic E-state index is -1.30. The number of imidazole rings is 1. The van der Waals surface area contributed by atoms with E-state index < -0.39 is 47.7 Å². The first-order valence-corrected chi connectivity index (χ1v) is 16.3. The molecule has 1 aromatic heterocycles. The first-order valence-electron chi connectivity index (χ1n) is 16.3. The molecule has 10 heteroatoms. The summed E-state index contributed by atoms with van der Waals surface area (Å²) in [4.78, 5) is 47.6. The third-order valence-corrected chi connectivity index (χ3v) is 8.43. The van der Waals surface area contributed by atoms with Crippen molar-refractivity contribution in [2.45, 2.75) is 116 Å². The van der Waals surface area contributed by atoms with E-state index >= 15 is 0 Å². The second kappa shape index (κ2) is 17.1. The quantitative estimate of drug-likeness (QED) is 0.169. The molecule has 0 unspecified atom stereocenters. The minimum Gasteiger partial charge on any atom is -0.431 e. The van der Waals surface area contributed by atoms with Crippen molar-refractivity contribution in [3.05, 3.63) is 66.8 Å². The van der Waals surface area contributed by atoms with Gasteiger partial charge in [0.05, 0.1) is 18.5 Å². The maximum Gasteiger partial charge on any atom is 0.408 e. The number of carbonyl (C=O) groups is 3. The zero-order valence-electron chi connectivity index (χ0n) is 27.6. The summed E-state index contributed by atoms with van der Waals surface area (Å²) in [6.45, 7) is 13.6. The number of allylic oxidation sites excluding steroid dienone is 1. The lowest BCUT2D eigenvalue weighted by Gasteiger charge is -2.33. The molecule has 1 fully saturated rings. The smallest absolute Gasteiger partial charge is 0.408 e. The second-order valence-corrected chi connectivity index (χ2v) is 13.7. The molecule has 0 saturated heterocycles. The van der Waals surface area contributed by atoms with Crippen LogP contribution in [0.25, 0.3) is 0 Å². The number of aliphatic hydroxyl groups is 1. The van der Waals surface area contributed by atoms with Crippen LogP contribution in [0.15, 0.2) is 55.5 Å². The van der Waals surface area contributed by atoms with Crippen LogP contribution < -0.4 is 16.0 Å². The van der Waals surface area contributed by atoms with E-state index in [1.807, 2.05) is 26.8 Å². The SMILES string of the molecule is C=C[C@@H](C[C@H](O)[C@H](CC1CCCCC1)NC(=O)[C@H](Cc1cnc[nH]1)NC(=O)[C@@H](OC(=O)NC(C)(C)C)c1ccccc1)C(C)C. The maximum absolute atomic E-state index is 14.0. The van der Waals surface area contributed by atoms with Crippen LogP contribution in [-0.4, -0.2) is 56.7 Å². The lowest BCUT2D eigenvalue weighted by atomic mass is 9.81. The normalized spacial score (nSPS) is 17.4. The Labute approximate surface area is 268 Å². The number of nitrogens with zero attached hydrogens (tertiary/aromatic N) is 1. The van der Waals surface area contributed by atoms with Crippen LogP contribution in [0.1, 0.15) is 96.9 Å². The van der Waals surface area contributed by atoms with E-state index in [1.165, 1.54) is 12.7 Å². The molecule has 0 bridgehead atoms. The topological polar surface area (TPSA) is 145 Å². The van der Waals surface area contributed by atoms with Gasteiger partial charge in [-0.05, 0) is 51.4 Å². The number of aromatic amines is 1. The van der Waals surface area contributed by atoms with Crippen molar-refractivity contribution in [2.24, 2.45) is 17.8 Å². The van der Waals surface area contributed by atoms with Gasteiger partial charge in [-0.15, -0.1) is 6.58 Å². The van der Waals surface area contributed by atoms with Gasteiger partial charge in [0, 0.05) is 29.4 Å².